The van der Waals surface area contributed by atoms with E-state index in [9.17, 15) is 4.79 Å². The Labute approximate surface area is 131 Å². The first kappa shape index (κ1) is 15.0. The number of carbonyl (C=O) groups excluding carboxylic acids is 1. The van der Waals surface area contributed by atoms with Gasteiger partial charge in [-0.15, -0.1) is 11.3 Å². The summed E-state index contributed by atoms with van der Waals surface area (Å²) in [6, 6.07) is 4.68. The molecule has 2 heterocycles. The minimum Gasteiger partial charge on any atom is -0.318 e. The summed E-state index contributed by atoms with van der Waals surface area (Å²) in [7, 11) is 0. The Hall–Kier alpha value is -0.870. The van der Waals surface area contributed by atoms with E-state index in [1.165, 1.54) is 17.7 Å². The molecule has 0 aromatic carbocycles. The maximum atomic E-state index is 12.8. The van der Waals surface area contributed by atoms with Crippen LogP contribution in [0.5, 0.6) is 0 Å². The number of nitrogens with one attached hydrogen (secondary N) is 1. The number of hydrogen-bond donors (Lipinski definition) is 1. The zero-order chi connectivity index (χ0) is 14.8. The fraction of sp³-hybridized carbons (Fsp3) is 0.706. The molecule has 1 aromatic rings. The lowest BCUT2D eigenvalue weighted by molar-refractivity contribution is -0.133. The molecule has 0 radical (unpaired) electrons. The van der Waals surface area contributed by atoms with Crippen LogP contribution in [-0.4, -0.2) is 22.9 Å². The highest BCUT2D eigenvalue weighted by molar-refractivity contribution is 7.10. The Bertz CT molecular complexity index is 465. The van der Waals surface area contributed by atoms with E-state index in [4.69, 9.17) is 0 Å². The summed E-state index contributed by atoms with van der Waals surface area (Å²) in [6.45, 7) is 4.48. The second-order valence-electron chi connectivity index (χ2n) is 6.59. The number of amides is 1. The topological polar surface area (TPSA) is 32.3 Å². The van der Waals surface area contributed by atoms with Gasteiger partial charge in [-0.1, -0.05) is 26.3 Å². The third kappa shape index (κ3) is 3.02. The first-order valence-corrected chi connectivity index (χ1v) is 9.20. The fourth-order valence-electron chi connectivity index (χ4n) is 3.72. The molecule has 0 bridgehead atoms. The molecule has 3 rings (SSSR count). The van der Waals surface area contributed by atoms with E-state index in [-0.39, 0.29) is 12.2 Å². The van der Waals surface area contributed by atoms with Crippen LogP contribution in [0.1, 0.15) is 63.4 Å². The molecule has 2 unspecified atom stereocenters. The van der Waals surface area contributed by atoms with Crippen LogP contribution in [-0.2, 0) is 4.79 Å². The molecule has 2 aliphatic rings. The smallest absolute Gasteiger partial charge is 0.241 e. The highest BCUT2D eigenvalue weighted by atomic mass is 32.1. The molecule has 1 aliphatic heterocycles. The van der Waals surface area contributed by atoms with Crippen molar-refractivity contribution in [1.29, 1.82) is 0 Å². The maximum absolute atomic E-state index is 12.8. The predicted molar refractivity (Wildman–Crippen MR) is 87.2 cm³/mol. The summed E-state index contributed by atoms with van der Waals surface area (Å²) in [6.07, 6.45) is 6.93. The quantitative estimate of drug-likeness (QED) is 0.914. The standard InChI is InChI=1S/C17H26N2OS/c1-3-5-14-17(20)19(13-9-7-12(2)8-10-13)16(18-14)15-6-4-11-21-15/h4,6,11-14,16,18H,3,5,7-10H2,1-2H3. The second kappa shape index (κ2) is 6.49. The first-order chi connectivity index (χ1) is 10.2. The van der Waals surface area contributed by atoms with Crippen molar-refractivity contribution in [2.75, 3.05) is 0 Å². The van der Waals surface area contributed by atoms with Crippen LogP contribution in [0.15, 0.2) is 17.5 Å². The normalized spacial score (nSPS) is 33.6. The minimum absolute atomic E-state index is 0.0152. The van der Waals surface area contributed by atoms with Crippen LogP contribution in [0.4, 0.5) is 0 Å². The van der Waals surface area contributed by atoms with Crippen molar-refractivity contribution in [1.82, 2.24) is 10.2 Å². The van der Waals surface area contributed by atoms with Crippen molar-refractivity contribution in [3.63, 3.8) is 0 Å². The summed E-state index contributed by atoms with van der Waals surface area (Å²) in [5.74, 6) is 1.15. The van der Waals surface area contributed by atoms with Gasteiger partial charge in [0.25, 0.3) is 0 Å². The van der Waals surface area contributed by atoms with E-state index in [0.29, 0.717) is 11.9 Å². The lowest BCUT2D eigenvalue weighted by Crippen LogP contribution is -2.41. The van der Waals surface area contributed by atoms with Gasteiger partial charge in [0.05, 0.1) is 6.04 Å². The minimum atomic E-state index is 0.0152. The van der Waals surface area contributed by atoms with E-state index < -0.39 is 0 Å². The largest absolute Gasteiger partial charge is 0.318 e. The van der Waals surface area contributed by atoms with Crippen molar-refractivity contribution in [2.24, 2.45) is 5.92 Å². The summed E-state index contributed by atoms with van der Waals surface area (Å²) in [5.41, 5.74) is 0. The van der Waals surface area contributed by atoms with Gasteiger partial charge in [0.15, 0.2) is 0 Å². The number of hydrogen-bond acceptors (Lipinski definition) is 3. The Morgan fingerprint density at radius 3 is 2.71 bits per heavy atom. The van der Waals surface area contributed by atoms with Crippen LogP contribution in [0.2, 0.25) is 0 Å². The van der Waals surface area contributed by atoms with Gasteiger partial charge in [0, 0.05) is 10.9 Å². The average Bonchev–Trinajstić information content (AvgIpc) is 3.10. The van der Waals surface area contributed by atoms with Crippen LogP contribution >= 0.6 is 11.3 Å². The second-order valence-corrected chi connectivity index (χ2v) is 7.56. The maximum Gasteiger partial charge on any atom is 0.241 e. The summed E-state index contributed by atoms with van der Waals surface area (Å²) < 4.78 is 0. The van der Waals surface area contributed by atoms with Crippen molar-refractivity contribution in [3.8, 4) is 0 Å². The molecule has 2 fully saturated rings. The van der Waals surface area contributed by atoms with Gasteiger partial charge in [0.1, 0.15) is 6.17 Å². The zero-order valence-electron chi connectivity index (χ0n) is 13.0. The molecule has 3 nitrogen and oxygen atoms in total. The molecule has 2 atom stereocenters. The van der Waals surface area contributed by atoms with Gasteiger partial charge in [-0.05, 0) is 49.5 Å². The van der Waals surface area contributed by atoms with E-state index >= 15 is 0 Å². The lowest BCUT2D eigenvalue weighted by atomic mass is 9.86. The molecule has 1 saturated carbocycles. The molecular formula is C17H26N2OS. The van der Waals surface area contributed by atoms with Gasteiger partial charge in [-0.25, -0.2) is 0 Å². The van der Waals surface area contributed by atoms with Crippen molar-refractivity contribution in [2.45, 2.75) is 70.6 Å². The van der Waals surface area contributed by atoms with Crippen LogP contribution < -0.4 is 5.32 Å². The van der Waals surface area contributed by atoms with Gasteiger partial charge in [-0.3, -0.25) is 10.1 Å². The highest BCUT2D eigenvalue weighted by Gasteiger charge is 2.43. The van der Waals surface area contributed by atoms with E-state index in [1.54, 1.807) is 11.3 Å². The molecule has 1 aromatic heterocycles. The SMILES string of the molecule is CCCC1NC(c2cccs2)N(C2CCC(C)CC2)C1=O. The third-order valence-electron chi connectivity index (χ3n) is 4.96. The molecule has 1 saturated heterocycles. The van der Waals surface area contributed by atoms with Gasteiger partial charge >= 0.3 is 0 Å². The summed E-state index contributed by atoms with van der Waals surface area (Å²) in [5, 5.41) is 5.70. The third-order valence-corrected chi connectivity index (χ3v) is 5.88. The molecule has 0 spiro atoms. The van der Waals surface area contributed by atoms with Gasteiger partial charge in [-0.2, -0.15) is 0 Å². The van der Waals surface area contributed by atoms with Crippen LogP contribution in [0.3, 0.4) is 0 Å². The predicted octanol–water partition coefficient (Wildman–Crippen LogP) is 3.93. The first-order valence-electron chi connectivity index (χ1n) is 8.32. The number of carbonyl (C=O) groups is 1. The molecule has 116 valence electrons. The monoisotopic (exact) mass is 306 g/mol. The Kier molecular flexibility index (Phi) is 4.65. The molecule has 21 heavy (non-hydrogen) atoms. The highest BCUT2D eigenvalue weighted by Crippen LogP contribution is 2.37. The van der Waals surface area contributed by atoms with Crippen LogP contribution in [0, 0.1) is 5.92 Å². The summed E-state index contributed by atoms with van der Waals surface area (Å²) >= 11 is 1.75. The Morgan fingerprint density at radius 1 is 1.33 bits per heavy atom. The van der Waals surface area contributed by atoms with Gasteiger partial charge in [0.2, 0.25) is 5.91 Å². The molecule has 1 N–H and O–H groups in total. The van der Waals surface area contributed by atoms with Gasteiger partial charge < -0.3 is 4.90 Å². The molecule has 1 aliphatic carbocycles. The lowest BCUT2D eigenvalue weighted by Gasteiger charge is -2.36. The van der Waals surface area contributed by atoms with Crippen molar-refractivity contribution >= 4 is 17.2 Å². The molecule has 1 amide bonds. The fourth-order valence-corrected chi connectivity index (χ4v) is 4.50. The van der Waals surface area contributed by atoms with E-state index in [0.717, 1.165) is 31.6 Å². The zero-order valence-corrected chi connectivity index (χ0v) is 13.9. The molecule has 4 heteroatoms. The van der Waals surface area contributed by atoms with Crippen molar-refractivity contribution < 1.29 is 4.79 Å². The van der Waals surface area contributed by atoms with E-state index in [1.807, 2.05) is 0 Å². The van der Waals surface area contributed by atoms with Crippen molar-refractivity contribution in [3.05, 3.63) is 22.4 Å². The Morgan fingerprint density at radius 2 is 2.10 bits per heavy atom. The number of rotatable bonds is 4. The van der Waals surface area contributed by atoms with Crippen LogP contribution in [0.25, 0.3) is 0 Å². The molecular weight excluding hydrogens is 280 g/mol. The average molecular weight is 306 g/mol. The Balaban J connectivity index is 1.81. The van der Waals surface area contributed by atoms with E-state index in [2.05, 4.69) is 41.6 Å². The number of nitrogens with zero attached hydrogens (tertiary/aromatic N) is 1. The summed E-state index contributed by atoms with van der Waals surface area (Å²) in [4.78, 5) is 16.3. The number of thiophene rings is 1.